The van der Waals surface area contributed by atoms with E-state index in [1.807, 2.05) is 6.92 Å². The van der Waals surface area contributed by atoms with Crippen LogP contribution in [0.4, 0.5) is 13.2 Å². The van der Waals surface area contributed by atoms with E-state index < -0.39 is 12.1 Å². The monoisotopic (exact) mass is 295 g/mol. The van der Waals surface area contributed by atoms with Crippen LogP contribution in [0.2, 0.25) is 0 Å². The lowest BCUT2D eigenvalue weighted by molar-refractivity contribution is -0.190. The molecule has 121 valence electrons. The highest BCUT2D eigenvalue weighted by Gasteiger charge is 2.38. The van der Waals surface area contributed by atoms with Crippen molar-refractivity contribution >= 4 is 0 Å². The Balaban J connectivity index is 3.64. The molecular formula is C16H30F3O. The molecule has 0 N–H and O–H groups in total. The first-order valence-corrected chi connectivity index (χ1v) is 7.96. The molecule has 0 saturated carbocycles. The molecule has 0 fully saturated rings. The predicted octanol–water partition coefficient (Wildman–Crippen LogP) is 5.94. The van der Waals surface area contributed by atoms with Gasteiger partial charge in [0.25, 0.3) is 0 Å². The smallest absolute Gasteiger partial charge is 0.381 e. The third kappa shape index (κ3) is 11.6. The van der Waals surface area contributed by atoms with Crippen molar-refractivity contribution < 1.29 is 17.9 Å². The zero-order valence-corrected chi connectivity index (χ0v) is 12.8. The molecule has 4 heteroatoms. The standard InChI is InChI=1S/C16H30F3O/c1-3-5-7-8-9-11-13-20-14-15(16(17,18)19)12-10-6-4-2/h15H,1,3-14H2,2H3. The molecule has 0 bridgehead atoms. The van der Waals surface area contributed by atoms with Crippen LogP contribution in [0.5, 0.6) is 0 Å². The summed E-state index contributed by atoms with van der Waals surface area (Å²) in [5.74, 6) is -1.29. The van der Waals surface area contributed by atoms with Gasteiger partial charge >= 0.3 is 6.18 Å². The van der Waals surface area contributed by atoms with Crippen LogP contribution in [-0.4, -0.2) is 19.4 Å². The minimum atomic E-state index is -4.12. The lowest BCUT2D eigenvalue weighted by atomic mass is 10.0. The van der Waals surface area contributed by atoms with Crippen LogP contribution in [0.25, 0.3) is 0 Å². The SMILES string of the molecule is [CH2]CCCCCCCOCC(CCCCC)C(F)(F)F. The first-order valence-electron chi connectivity index (χ1n) is 7.96. The van der Waals surface area contributed by atoms with E-state index in [1.165, 1.54) is 0 Å². The van der Waals surface area contributed by atoms with Crippen molar-refractivity contribution in [2.45, 2.75) is 77.3 Å². The molecule has 0 aliphatic rings. The fourth-order valence-electron chi connectivity index (χ4n) is 2.12. The van der Waals surface area contributed by atoms with Crippen molar-refractivity contribution in [1.82, 2.24) is 0 Å². The number of hydrogen-bond acceptors (Lipinski definition) is 1. The molecule has 1 nitrogen and oxygen atoms in total. The van der Waals surface area contributed by atoms with E-state index in [9.17, 15) is 13.2 Å². The molecule has 0 aromatic heterocycles. The maximum Gasteiger partial charge on any atom is 0.394 e. The van der Waals surface area contributed by atoms with Crippen molar-refractivity contribution in [2.75, 3.05) is 13.2 Å². The summed E-state index contributed by atoms with van der Waals surface area (Å²) < 4.78 is 43.6. The van der Waals surface area contributed by atoms with Crippen molar-refractivity contribution in [3.63, 3.8) is 0 Å². The zero-order chi connectivity index (χ0) is 15.3. The van der Waals surface area contributed by atoms with Gasteiger partial charge in [0, 0.05) is 6.61 Å². The number of unbranched alkanes of at least 4 members (excludes halogenated alkanes) is 7. The average molecular weight is 295 g/mol. The Morgan fingerprint density at radius 2 is 1.60 bits per heavy atom. The minimum Gasteiger partial charge on any atom is -0.381 e. The summed E-state index contributed by atoms with van der Waals surface area (Å²) >= 11 is 0. The number of halogens is 3. The van der Waals surface area contributed by atoms with E-state index >= 15 is 0 Å². The van der Waals surface area contributed by atoms with E-state index in [0.717, 1.165) is 51.4 Å². The second kappa shape index (κ2) is 12.5. The van der Waals surface area contributed by atoms with Gasteiger partial charge in [-0.2, -0.15) is 13.2 Å². The Morgan fingerprint density at radius 1 is 0.950 bits per heavy atom. The fourth-order valence-corrected chi connectivity index (χ4v) is 2.12. The largest absolute Gasteiger partial charge is 0.394 e. The molecule has 0 aliphatic heterocycles. The van der Waals surface area contributed by atoms with Crippen LogP contribution < -0.4 is 0 Å². The van der Waals surface area contributed by atoms with E-state index in [1.54, 1.807) is 0 Å². The molecule has 0 aliphatic carbocycles. The lowest BCUT2D eigenvalue weighted by Gasteiger charge is -2.20. The summed E-state index contributed by atoms with van der Waals surface area (Å²) in [6.07, 6.45) is 4.78. The molecule has 0 heterocycles. The Labute approximate surface area is 122 Å². The first-order chi connectivity index (χ1) is 9.52. The predicted molar refractivity (Wildman–Crippen MR) is 77.6 cm³/mol. The van der Waals surface area contributed by atoms with Crippen LogP contribution in [0.3, 0.4) is 0 Å². The van der Waals surface area contributed by atoms with Gasteiger partial charge in [-0.25, -0.2) is 0 Å². The Morgan fingerprint density at radius 3 is 2.20 bits per heavy atom. The van der Waals surface area contributed by atoms with E-state index in [2.05, 4.69) is 6.92 Å². The van der Waals surface area contributed by atoms with Gasteiger partial charge in [-0.1, -0.05) is 65.2 Å². The number of rotatable bonds is 13. The fraction of sp³-hybridized carbons (Fsp3) is 0.938. The highest BCUT2D eigenvalue weighted by atomic mass is 19.4. The normalized spacial score (nSPS) is 13.7. The van der Waals surface area contributed by atoms with Crippen molar-refractivity contribution in [1.29, 1.82) is 0 Å². The molecule has 1 unspecified atom stereocenters. The highest BCUT2D eigenvalue weighted by molar-refractivity contribution is 4.67. The third-order valence-corrected chi connectivity index (χ3v) is 3.48. The van der Waals surface area contributed by atoms with Gasteiger partial charge in [0.05, 0.1) is 12.5 Å². The van der Waals surface area contributed by atoms with Crippen LogP contribution >= 0.6 is 0 Å². The number of hydrogen-bond donors (Lipinski definition) is 0. The first kappa shape index (κ1) is 19.8. The summed E-state index contributed by atoms with van der Waals surface area (Å²) in [5, 5.41) is 0. The molecule has 20 heavy (non-hydrogen) atoms. The molecule has 0 rings (SSSR count). The zero-order valence-electron chi connectivity index (χ0n) is 12.8. The molecule has 0 spiro atoms. The van der Waals surface area contributed by atoms with Crippen molar-refractivity contribution in [3.8, 4) is 0 Å². The quantitative estimate of drug-likeness (QED) is 0.382. The van der Waals surface area contributed by atoms with E-state index in [-0.39, 0.29) is 13.0 Å². The Hall–Kier alpha value is -0.250. The Kier molecular flexibility index (Phi) is 12.3. The van der Waals surface area contributed by atoms with Crippen LogP contribution in [0.15, 0.2) is 0 Å². The molecule has 0 amide bonds. The molecule has 0 saturated heterocycles. The summed E-state index contributed by atoms with van der Waals surface area (Å²) in [6, 6.07) is 0. The second-order valence-corrected chi connectivity index (χ2v) is 5.43. The third-order valence-electron chi connectivity index (χ3n) is 3.48. The summed E-state index contributed by atoms with van der Waals surface area (Å²) in [4.78, 5) is 0. The van der Waals surface area contributed by atoms with Crippen molar-refractivity contribution in [3.05, 3.63) is 6.92 Å². The van der Waals surface area contributed by atoms with Crippen LogP contribution in [0.1, 0.15) is 71.1 Å². The number of alkyl halides is 3. The molecule has 0 aromatic rings. The molecular weight excluding hydrogens is 265 g/mol. The van der Waals surface area contributed by atoms with Crippen LogP contribution in [-0.2, 0) is 4.74 Å². The van der Waals surface area contributed by atoms with Gasteiger partial charge in [0.2, 0.25) is 0 Å². The Bertz CT molecular complexity index is 204. The maximum atomic E-state index is 12.8. The second-order valence-electron chi connectivity index (χ2n) is 5.43. The van der Waals surface area contributed by atoms with Gasteiger partial charge < -0.3 is 4.74 Å². The maximum absolute atomic E-state index is 12.8. The average Bonchev–Trinajstić information content (AvgIpc) is 2.38. The molecule has 1 radical (unpaired) electrons. The van der Waals surface area contributed by atoms with Gasteiger partial charge in [-0.05, 0) is 12.8 Å². The molecule has 1 atom stereocenters. The van der Waals surface area contributed by atoms with Crippen LogP contribution in [0, 0.1) is 12.8 Å². The highest BCUT2D eigenvalue weighted by Crippen LogP contribution is 2.30. The summed E-state index contributed by atoms with van der Waals surface area (Å²) in [5.41, 5.74) is 0. The lowest BCUT2D eigenvalue weighted by Crippen LogP contribution is -2.27. The van der Waals surface area contributed by atoms with E-state index in [0.29, 0.717) is 13.0 Å². The van der Waals surface area contributed by atoms with Gasteiger partial charge in [0.15, 0.2) is 0 Å². The molecule has 0 aromatic carbocycles. The summed E-state index contributed by atoms with van der Waals surface area (Å²) in [7, 11) is 0. The van der Waals surface area contributed by atoms with Gasteiger partial charge in [-0.3, -0.25) is 0 Å². The van der Waals surface area contributed by atoms with Gasteiger partial charge in [-0.15, -0.1) is 0 Å². The summed E-state index contributed by atoms with van der Waals surface area (Å²) in [6.45, 7) is 6.04. The minimum absolute atomic E-state index is 0.175. The number of ether oxygens (including phenoxy) is 1. The van der Waals surface area contributed by atoms with Gasteiger partial charge in [0.1, 0.15) is 0 Å². The topological polar surface area (TPSA) is 9.23 Å². The van der Waals surface area contributed by atoms with E-state index in [4.69, 9.17) is 4.74 Å². The van der Waals surface area contributed by atoms with Crippen molar-refractivity contribution in [2.24, 2.45) is 5.92 Å².